The van der Waals surface area contributed by atoms with Gasteiger partial charge in [-0.1, -0.05) is 0 Å². The zero-order chi connectivity index (χ0) is 14.4. The number of nitrogens with one attached hydrogen (secondary N) is 3. The fourth-order valence-electron chi connectivity index (χ4n) is 1.49. The second-order valence-corrected chi connectivity index (χ2v) is 6.24. The van der Waals surface area contributed by atoms with Gasteiger partial charge in [0, 0.05) is 0 Å². The molecular weight excluding hydrogens is 234 g/mol. The molecular formula is C12H21N3O3. The van der Waals surface area contributed by atoms with Gasteiger partial charge in [-0.25, -0.2) is 0 Å². The van der Waals surface area contributed by atoms with Crippen LogP contribution in [0.15, 0.2) is 0 Å². The zero-order valence-corrected chi connectivity index (χ0v) is 11.7. The maximum atomic E-state index is 12.1. The smallest absolute Gasteiger partial charge is 0.246 e. The van der Waals surface area contributed by atoms with Crippen LogP contribution in [0.5, 0.6) is 0 Å². The van der Waals surface area contributed by atoms with Crippen molar-refractivity contribution in [2.45, 2.75) is 58.2 Å². The molecule has 1 heterocycles. The summed E-state index contributed by atoms with van der Waals surface area (Å²) in [4.78, 5) is 36.2. The highest BCUT2D eigenvalue weighted by Crippen LogP contribution is 2.15. The average Bonchev–Trinajstić information content (AvgIpc) is 2.15. The molecule has 18 heavy (non-hydrogen) atoms. The van der Waals surface area contributed by atoms with Gasteiger partial charge in [0.2, 0.25) is 17.7 Å². The molecule has 0 aliphatic carbocycles. The Kier molecular flexibility index (Phi) is 3.19. The first-order chi connectivity index (χ1) is 7.88. The summed E-state index contributed by atoms with van der Waals surface area (Å²) in [6, 6.07) is 0. The number of hydrogen-bond acceptors (Lipinski definition) is 3. The predicted octanol–water partition coefficient (Wildman–Crippen LogP) is -0.316. The minimum absolute atomic E-state index is 0.395. The van der Waals surface area contributed by atoms with Crippen molar-refractivity contribution in [1.29, 1.82) is 0 Å². The third-order valence-electron chi connectivity index (χ3n) is 2.98. The molecule has 0 aromatic carbocycles. The Morgan fingerprint density at radius 3 is 0.889 bits per heavy atom. The molecule has 6 heteroatoms. The van der Waals surface area contributed by atoms with Crippen LogP contribution in [-0.4, -0.2) is 34.3 Å². The van der Waals surface area contributed by atoms with Crippen LogP contribution in [0.3, 0.4) is 0 Å². The summed E-state index contributed by atoms with van der Waals surface area (Å²) in [5.41, 5.74) is -3.21. The Morgan fingerprint density at radius 2 is 0.722 bits per heavy atom. The molecule has 1 rings (SSSR count). The van der Waals surface area contributed by atoms with Gasteiger partial charge < -0.3 is 16.0 Å². The van der Waals surface area contributed by atoms with Crippen LogP contribution in [0.2, 0.25) is 0 Å². The van der Waals surface area contributed by atoms with Gasteiger partial charge in [0.15, 0.2) is 0 Å². The molecule has 0 aromatic heterocycles. The third-order valence-corrected chi connectivity index (χ3v) is 2.98. The van der Waals surface area contributed by atoms with E-state index in [0.717, 1.165) is 0 Å². The van der Waals surface area contributed by atoms with Crippen molar-refractivity contribution in [3.8, 4) is 0 Å². The second kappa shape index (κ2) is 3.96. The summed E-state index contributed by atoms with van der Waals surface area (Å²) in [6.45, 7) is 9.60. The Labute approximate surface area is 107 Å². The first kappa shape index (κ1) is 14.5. The van der Waals surface area contributed by atoms with Gasteiger partial charge in [0.05, 0.1) is 0 Å². The number of carbonyl (C=O) groups excluding carboxylic acids is 3. The van der Waals surface area contributed by atoms with Crippen LogP contribution >= 0.6 is 0 Å². The van der Waals surface area contributed by atoms with Crippen molar-refractivity contribution in [2.75, 3.05) is 0 Å². The lowest BCUT2D eigenvalue weighted by atomic mass is 9.99. The molecule has 0 spiro atoms. The molecule has 0 atom stereocenters. The van der Waals surface area contributed by atoms with Crippen LogP contribution in [0.25, 0.3) is 0 Å². The highest BCUT2D eigenvalue weighted by Gasteiger charge is 2.44. The van der Waals surface area contributed by atoms with E-state index in [0.29, 0.717) is 0 Å². The molecule has 0 aromatic rings. The minimum Gasteiger partial charge on any atom is -0.340 e. The molecule has 1 saturated heterocycles. The quantitative estimate of drug-likeness (QED) is 0.554. The summed E-state index contributed by atoms with van der Waals surface area (Å²) in [5, 5.41) is 7.89. The van der Waals surface area contributed by atoms with E-state index in [9.17, 15) is 14.4 Å². The topological polar surface area (TPSA) is 87.3 Å². The van der Waals surface area contributed by atoms with Crippen molar-refractivity contribution in [2.24, 2.45) is 0 Å². The van der Waals surface area contributed by atoms with Crippen LogP contribution in [0.4, 0.5) is 0 Å². The molecule has 102 valence electrons. The number of amides is 3. The lowest BCUT2D eigenvalue weighted by Gasteiger charge is -2.29. The highest BCUT2D eigenvalue weighted by atomic mass is 16.2. The summed E-state index contributed by atoms with van der Waals surface area (Å²) >= 11 is 0. The van der Waals surface area contributed by atoms with Crippen molar-refractivity contribution < 1.29 is 14.4 Å². The van der Waals surface area contributed by atoms with Gasteiger partial charge in [-0.05, 0) is 41.5 Å². The minimum atomic E-state index is -1.07. The molecule has 0 bridgehead atoms. The summed E-state index contributed by atoms with van der Waals surface area (Å²) < 4.78 is 0. The van der Waals surface area contributed by atoms with Crippen molar-refractivity contribution in [3.63, 3.8) is 0 Å². The van der Waals surface area contributed by atoms with E-state index in [-0.39, 0.29) is 0 Å². The van der Waals surface area contributed by atoms with E-state index in [1.807, 2.05) is 0 Å². The molecule has 3 N–H and O–H groups in total. The van der Waals surface area contributed by atoms with Gasteiger partial charge in [0.1, 0.15) is 16.6 Å². The summed E-state index contributed by atoms with van der Waals surface area (Å²) in [6.07, 6.45) is 0. The van der Waals surface area contributed by atoms with Crippen molar-refractivity contribution in [1.82, 2.24) is 16.0 Å². The molecule has 1 aliphatic rings. The SMILES string of the molecule is CC1(C)NC(=O)C(C)(C)NC(=O)C(C)(C)NC1=O. The molecule has 1 fully saturated rings. The standard InChI is InChI=1S/C12H21N3O3/c1-10(2)7(16)14-12(5,6)9(18)15-11(3,4)8(17)13-10/h1-6H3,(H,13,17)(H,14,16)(H,15,18). The number of rotatable bonds is 0. The number of hydrogen-bond donors (Lipinski definition) is 3. The first-order valence-corrected chi connectivity index (χ1v) is 5.86. The van der Waals surface area contributed by atoms with Crippen LogP contribution < -0.4 is 16.0 Å². The van der Waals surface area contributed by atoms with E-state index in [1.54, 1.807) is 41.5 Å². The second-order valence-electron chi connectivity index (χ2n) is 6.24. The van der Waals surface area contributed by atoms with E-state index in [2.05, 4.69) is 16.0 Å². The molecule has 0 saturated carbocycles. The normalized spacial score (nSPS) is 26.0. The Morgan fingerprint density at radius 1 is 0.556 bits per heavy atom. The third kappa shape index (κ3) is 2.63. The van der Waals surface area contributed by atoms with Gasteiger partial charge in [0.25, 0.3) is 0 Å². The summed E-state index contributed by atoms with van der Waals surface area (Å²) in [5.74, 6) is -1.18. The lowest BCUT2D eigenvalue weighted by molar-refractivity contribution is -0.134. The lowest BCUT2D eigenvalue weighted by Crippen LogP contribution is -2.60. The predicted molar refractivity (Wildman–Crippen MR) is 66.7 cm³/mol. The summed E-state index contributed by atoms with van der Waals surface area (Å²) in [7, 11) is 0. The van der Waals surface area contributed by atoms with E-state index in [1.165, 1.54) is 0 Å². The Hall–Kier alpha value is -1.59. The fraction of sp³-hybridized carbons (Fsp3) is 0.750. The van der Waals surface area contributed by atoms with Crippen LogP contribution in [-0.2, 0) is 14.4 Å². The van der Waals surface area contributed by atoms with Crippen molar-refractivity contribution in [3.05, 3.63) is 0 Å². The Balaban J connectivity index is 3.23. The molecule has 3 amide bonds. The van der Waals surface area contributed by atoms with E-state index in [4.69, 9.17) is 0 Å². The van der Waals surface area contributed by atoms with Gasteiger partial charge >= 0.3 is 0 Å². The average molecular weight is 255 g/mol. The molecule has 0 unspecified atom stereocenters. The molecule has 6 nitrogen and oxygen atoms in total. The van der Waals surface area contributed by atoms with Gasteiger partial charge in [-0.2, -0.15) is 0 Å². The van der Waals surface area contributed by atoms with E-state index < -0.39 is 34.3 Å². The van der Waals surface area contributed by atoms with Crippen molar-refractivity contribution >= 4 is 17.7 Å². The molecule has 1 aliphatic heterocycles. The number of carbonyl (C=O) groups is 3. The monoisotopic (exact) mass is 255 g/mol. The first-order valence-electron chi connectivity index (χ1n) is 5.86. The maximum Gasteiger partial charge on any atom is 0.246 e. The highest BCUT2D eigenvalue weighted by molar-refractivity contribution is 6.01. The van der Waals surface area contributed by atoms with Crippen LogP contribution in [0.1, 0.15) is 41.5 Å². The zero-order valence-electron chi connectivity index (χ0n) is 11.7. The largest absolute Gasteiger partial charge is 0.340 e. The fourth-order valence-corrected chi connectivity index (χ4v) is 1.49. The van der Waals surface area contributed by atoms with Gasteiger partial charge in [-0.15, -0.1) is 0 Å². The Bertz CT molecular complexity index is 349. The maximum absolute atomic E-state index is 12.1. The van der Waals surface area contributed by atoms with Crippen LogP contribution in [0, 0.1) is 0 Å². The van der Waals surface area contributed by atoms with E-state index >= 15 is 0 Å². The van der Waals surface area contributed by atoms with Gasteiger partial charge in [-0.3, -0.25) is 14.4 Å². The molecule has 0 radical (unpaired) electrons.